The van der Waals surface area contributed by atoms with E-state index >= 15 is 0 Å². The van der Waals surface area contributed by atoms with Crippen molar-refractivity contribution in [3.8, 4) is 0 Å². The molecule has 0 radical (unpaired) electrons. The van der Waals surface area contributed by atoms with Crippen molar-refractivity contribution >= 4 is 24.3 Å². The second-order valence-corrected chi connectivity index (χ2v) is 6.31. The van der Waals surface area contributed by atoms with Crippen molar-refractivity contribution in [1.29, 1.82) is 0 Å². The fraction of sp³-hybridized carbons (Fsp3) is 0. The van der Waals surface area contributed by atoms with Crippen LogP contribution in [-0.4, -0.2) is 0 Å². The lowest BCUT2D eigenvalue weighted by Gasteiger charge is -1.92. The first kappa shape index (κ1) is 19.1. The van der Waals surface area contributed by atoms with Gasteiger partial charge in [0.15, 0.2) is 0 Å². The summed E-state index contributed by atoms with van der Waals surface area (Å²) < 4.78 is 0. The van der Waals surface area contributed by atoms with Gasteiger partial charge in [-0.25, -0.2) is 0 Å². The molecule has 136 valence electrons. The van der Waals surface area contributed by atoms with Gasteiger partial charge in [0.2, 0.25) is 0 Å². The molecule has 0 aliphatic rings. The van der Waals surface area contributed by atoms with Crippen molar-refractivity contribution in [2.75, 3.05) is 0 Å². The maximum Gasteiger partial charge on any atom is -0.0256 e. The summed E-state index contributed by atoms with van der Waals surface area (Å²) in [6.07, 6.45) is 8.48. The van der Waals surface area contributed by atoms with Crippen LogP contribution in [0, 0.1) is 0 Å². The summed E-state index contributed by atoms with van der Waals surface area (Å²) in [7, 11) is 0. The van der Waals surface area contributed by atoms with E-state index in [2.05, 4.69) is 72.8 Å². The second-order valence-electron chi connectivity index (χ2n) is 6.31. The Morgan fingerprint density at radius 2 is 0.429 bits per heavy atom. The number of benzene rings is 4. The average molecular weight is 361 g/mol. The number of hydrogen-bond donors (Lipinski definition) is 0. The van der Waals surface area contributed by atoms with Gasteiger partial charge in [0.05, 0.1) is 0 Å². The molecule has 0 bridgehead atoms. The van der Waals surface area contributed by atoms with E-state index in [1.807, 2.05) is 72.8 Å². The number of hydrogen-bond acceptors (Lipinski definition) is 0. The quantitative estimate of drug-likeness (QED) is 0.327. The zero-order chi connectivity index (χ0) is 19.3. The summed E-state index contributed by atoms with van der Waals surface area (Å²) in [6, 6.07) is 41.3. The van der Waals surface area contributed by atoms with E-state index in [0.29, 0.717) is 0 Å². The predicted molar refractivity (Wildman–Crippen MR) is 124 cm³/mol. The van der Waals surface area contributed by atoms with Gasteiger partial charge < -0.3 is 0 Å². The molecule has 28 heavy (non-hydrogen) atoms. The fourth-order valence-electron chi connectivity index (χ4n) is 2.64. The molecular weight excluding hydrogens is 336 g/mol. The zero-order valence-electron chi connectivity index (χ0n) is 15.9. The van der Waals surface area contributed by atoms with Crippen LogP contribution in [-0.2, 0) is 0 Å². The molecule has 0 unspecified atom stereocenters. The summed E-state index contributed by atoms with van der Waals surface area (Å²) in [4.78, 5) is 0. The van der Waals surface area contributed by atoms with Crippen LogP contribution in [0.1, 0.15) is 22.3 Å². The highest BCUT2D eigenvalue weighted by Gasteiger charge is 1.85. The Morgan fingerprint density at radius 3 is 0.607 bits per heavy atom. The first-order chi connectivity index (χ1) is 13.9. The molecule has 0 N–H and O–H groups in total. The lowest BCUT2D eigenvalue weighted by atomic mass is 10.1. The molecular formula is C28H24. The van der Waals surface area contributed by atoms with Gasteiger partial charge in [-0.05, 0) is 22.3 Å². The van der Waals surface area contributed by atoms with E-state index in [4.69, 9.17) is 0 Å². The van der Waals surface area contributed by atoms with E-state index in [0.717, 1.165) is 0 Å². The van der Waals surface area contributed by atoms with Gasteiger partial charge in [0.1, 0.15) is 0 Å². The maximum absolute atomic E-state index is 2.12. The Hall–Kier alpha value is -3.64. The molecule has 0 amide bonds. The van der Waals surface area contributed by atoms with Crippen molar-refractivity contribution in [1.82, 2.24) is 0 Å². The lowest BCUT2D eigenvalue weighted by molar-refractivity contribution is 1.65. The highest BCUT2D eigenvalue weighted by Crippen LogP contribution is 2.08. The van der Waals surface area contributed by atoms with Crippen LogP contribution in [0.25, 0.3) is 24.3 Å². The monoisotopic (exact) mass is 360 g/mol. The summed E-state index contributed by atoms with van der Waals surface area (Å²) in [5.41, 5.74) is 4.93. The molecule has 4 aromatic carbocycles. The van der Waals surface area contributed by atoms with Crippen LogP contribution < -0.4 is 0 Å². The van der Waals surface area contributed by atoms with Gasteiger partial charge in [-0.2, -0.15) is 0 Å². The first-order valence-electron chi connectivity index (χ1n) is 9.46. The van der Waals surface area contributed by atoms with Gasteiger partial charge >= 0.3 is 0 Å². The third-order valence-electron chi connectivity index (χ3n) is 4.13. The average Bonchev–Trinajstić information content (AvgIpc) is 2.80. The largest absolute Gasteiger partial charge is 0.0622 e. The van der Waals surface area contributed by atoms with E-state index < -0.39 is 0 Å². The SMILES string of the molecule is C(=C/c1ccccc1)/c1ccccc1.C(=C/c1ccccc1)/c1ccccc1. The predicted octanol–water partition coefficient (Wildman–Crippen LogP) is 7.71. The van der Waals surface area contributed by atoms with Gasteiger partial charge in [-0.1, -0.05) is 146 Å². The Bertz CT molecular complexity index is 799. The second kappa shape index (κ2) is 11.2. The van der Waals surface area contributed by atoms with Crippen LogP contribution in [0.3, 0.4) is 0 Å². The minimum Gasteiger partial charge on any atom is -0.0622 e. The van der Waals surface area contributed by atoms with E-state index in [1.54, 1.807) is 0 Å². The molecule has 0 heterocycles. The minimum atomic E-state index is 1.23. The maximum atomic E-state index is 2.12. The van der Waals surface area contributed by atoms with Crippen LogP contribution in [0.4, 0.5) is 0 Å². The standard InChI is InChI=1S/2C14H12/c2*1-3-7-13(8-4-1)11-12-14-9-5-2-6-10-14/h2*1-12H/b2*12-11-. The molecule has 0 fully saturated rings. The zero-order valence-corrected chi connectivity index (χ0v) is 15.9. The lowest BCUT2D eigenvalue weighted by Crippen LogP contribution is -1.70. The highest BCUT2D eigenvalue weighted by atomic mass is 13.9. The van der Waals surface area contributed by atoms with Gasteiger partial charge in [-0.3, -0.25) is 0 Å². The molecule has 4 rings (SSSR count). The molecule has 0 aromatic heterocycles. The molecule has 0 spiro atoms. The van der Waals surface area contributed by atoms with E-state index in [9.17, 15) is 0 Å². The first-order valence-corrected chi connectivity index (χ1v) is 9.46. The molecule has 0 heteroatoms. The van der Waals surface area contributed by atoms with E-state index in [-0.39, 0.29) is 0 Å². The Morgan fingerprint density at radius 1 is 0.250 bits per heavy atom. The topological polar surface area (TPSA) is 0 Å². The van der Waals surface area contributed by atoms with Gasteiger partial charge in [-0.15, -0.1) is 0 Å². The fourth-order valence-corrected chi connectivity index (χ4v) is 2.64. The normalized spacial score (nSPS) is 10.6. The summed E-state index contributed by atoms with van der Waals surface area (Å²) >= 11 is 0. The molecule has 0 saturated heterocycles. The molecule has 0 aliphatic heterocycles. The Labute approximate surface area is 168 Å². The van der Waals surface area contributed by atoms with Crippen molar-refractivity contribution < 1.29 is 0 Å². The molecule has 0 aliphatic carbocycles. The Balaban J connectivity index is 0.000000161. The molecule has 0 atom stereocenters. The van der Waals surface area contributed by atoms with Gasteiger partial charge in [0, 0.05) is 0 Å². The van der Waals surface area contributed by atoms with Gasteiger partial charge in [0.25, 0.3) is 0 Å². The number of rotatable bonds is 4. The third kappa shape index (κ3) is 6.93. The molecule has 0 saturated carbocycles. The van der Waals surface area contributed by atoms with E-state index in [1.165, 1.54) is 22.3 Å². The van der Waals surface area contributed by atoms with Crippen molar-refractivity contribution in [3.05, 3.63) is 144 Å². The Kier molecular flexibility index (Phi) is 7.62. The van der Waals surface area contributed by atoms with Crippen LogP contribution >= 0.6 is 0 Å². The van der Waals surface area contributed by atoms with Crippen molar-refractivity contribution in [3.63, 3.8) is 0 Å². The van der Waals surface area contributed by atoms with Crippen molar-refractivity contribution in [2.24, 2.45) is 0 Å². The summed E-state index contributed by atoms with van der Waals surface area (Å²) in [5, 5.41) is 0. The van der Waals surface area contributed by atoms with Crippen LogP contribution in [0.2, 0.25) is 0 Å². The summed E-state index contributed by atoms with van der Waals surface area (Å²) in [5.74, 6) is 0. The van der Waals surface area contributed by atoms with Crippen molar-refractivity contribution in [2.45, 2.75) is 0 Å². The summed E-state index contributed by atoms with van der Waals surface area (Å²) in [6.45, 7) is 0. The molecule has 0 nitrogen and oxygen atoms in total. The van der Waals surface area contributed by atoms with Crippen LogP contribution in [0.15, 0.2) is 121 Å². The highest BCUT2D eigenvalue weighted by molar-refractivity contribution is 5.70. The minimum absolute atomic E-state index is 1.23. The third-order valence-corrected chi connectivity index (χ3v) is 4.13. The smallest absolute Gasteiger partial charge is 0.0256 e. The molecule has 4 aromatic rings. The van der Waals surface area contributed by atoms with Crippen LogP contribution in [0.5, 0.6) is 0 Å².